The van der Waals surface area contributed by atoms with Gasteiger partial charge < -0.3 is 10.6 Å². The van der Waals surface area contributed by atoms with Crippen molar-refractivity contribution in [3.05, 3.63) is 44.6 Å². The first-order valence-corrected chi connectivity index (χ1v) is 6.32. The third-order valence-corrected chi connectivity index (χ3v) is 3.06. The second kappa shape index (κ2) is 5.95. The quantitative estimate of drug-likeness (QED) is 0.494. The molecule has 10 heteroatoms. The molecule has 0 aliphatic carbocycles. The van der Waals surface area contributed by atoms with Gasteiger partial charge in [0.15, 0.2) is 0 Å². The lowest BCUT2D eigenvalue weighted by Gasteiger charge is -2.09. The minimum atomic E-state index is -0.790. The minimum Gasteiger partial charge on any atom is -0.357 e. The Morgan fingerprint density at radius 1 is 1.33 bits per heavy atom. The average Bonchev–Trinajstić information content (AvgIpc) is 2.44. The maximum atomic E-state index is 13.7. The fourth-order valence-corrected chi connectivity index (χ4v) is 1.78. The number of anilines is 3. The number of aromatic nitrogens is 2. The summed E-state index contributed by atoms with van der Waals surface area (Å²) in [6.45, 7) is 0. The van der Waals surface area contributed by atoms with Gasteiger partial charge in [0.1, 0.15) is 17.8 Å². The summed E-state index contributed by atoms with van der Waals surface area (Å²) >= 11 is 2.84. The van der Waals surface area contributed by atoms with Crippen LogP contribution in [0, 0.1) is 21.7 Å². The molecule has 1 aromatic carbocycles. The molecular formula is C11H8BrF2N5O2. The van der Waals surface area contributed by atoms with E-state index < -0.39 is 22.2 Å². The van der Waals surface area contributed by atoms with Gasteiger partial charge in [-0.1, -0.05) is 0 Å². The van der Waals surface area contributed by atoms with Gasteiger partial charge in [0, 0.05) is 13.1 Å². The molecule has 0 saturated carbocycles. The summed E-state index contributed by atoms with van der Waals surface area (Å²) in [5, 5.41) is 15.9. The number of hydrogen-bond acceptors (Lipinski definition) is 6. The van der Waals surface area contributed by atoms with E-state index in [2.05, 4.69) is 36.5 Å². The van der Waals surface area contributed by atoms with Gasteiger partial charge >= 0.3 is 5.69 Å². The van der Waals surface area contributed by atoms with Crippen LogP contribution in [0.1, 0.15) is 0 Å². The maximum Gasteiger partial charge on any atom is 0.329 e. The van der Waals surface area contributed by atoms with Crippen molar-refractivity contribution < 1.29 is 13.7 Å². The Labute approximate surface area is 125 Å². The SMILES string of the molecule is CNc1ncc([N+](=O)[O-])c(Nc2cc(F)c(Br)cc2F)n1. The molecule has 21 heavy (non-hydrogen) atoms. The number of nitrogens with one attached hydrogen (secondary N) is 2. The van der Waals surface area contributed by atoms with Crippen LogP contribution in [-0.4, -0.2) is 21.9 Å². The molecule has 0 aliphatic heterocycles. The molecule has 2 rings (SSSR count). The van der Waals surface area contributed by atoms with E-state index in [1.165, 1.54) is 7.05 Å². The van der Waals surface area contributed by atoms with Crippen LogP contribution in [-0.2, 0) is 0 Å². The van der Waals surface area contributed by atoms with Crippen molar-refractivity contribution in [1.82, 2.24) is 9.97 Å². The average molecular weight is 360 g/mol. The molecule has 0 radical (unpaired) electrons. The number of hydrogen-bond donors (Lipinski definition) is 2. The van der Waals surface area contributed by atoms with Gasteiger partial charge in [-0.15, -0.1) is 0 Å². The Morgan fingerprint density at radius 2 is 2.05 bits per heavy atom. The zero-order valence-electron chi connectivity index (χ0n) is 10.5. The Bertz CT molecular complexity index is 713. The van der Waals surface area contributed by atoms with Crippen LogP contribution in [0.5, 0.6) is 0 Å². The summed E-state index contributed by atoms with van der Waals surface area (Å²) in [7, 11) is 1.52. The molecule has 0 fully saturated rings. The number of halogens is 3. The number of nitrogens with zero attached hydrogens (tertiary/aromatic N) is 3. The van der Waals surface area contributed by atoms with Crippen LogP contribution in [0.2, 0.25) is 0 Å². The highest BCUT2D eigenvalue weighted by Crippen LogP contribution is 2.29. The highest BCUT2D eigenvalue weighted by Gasteiger charge is 2.19. The molecule has 7 nitrogen and oxygen atoms in total. The van der Waals surface area contributed by atoms with E-state index in [9.17, 15) is 18.9 Å². The van der Waals surface area contributed by atoms with Crippen LogP contribution in [0.15, 0.2) is 22.8 Å². The maximum absolute atomic E-state index is 13.7. The van der Waals surface area contributed by atoms with Gasteiger partial charge in [-0.3, -0.25) is 10.1 Å². The van der Waals surface area contributed by atoms with Crippen LogP contribution in [0.4, 0.5) is 31.9 Å². The van der Waals surface area contributed by atoms with E-state index in [-0.39, 0.29) is 21.9 Å². The molecular weight excluding hydrogens is 352 g/mol. The summed E-state index contributed by atoms with van der Waals surface area (Å²) < 4.78 is 27.1. The van der Waals surface area contributed by atoms with E-state index in [1.807, 2.05) is 0 Å². The fourth-order valence-electron chi connectivity index (χ4n) is 1.47. The van der Waals surface area contributed by atoms with E-state index >= 15 is 0 Å². The zero-order valence-corrected chi connectivity index (χ0v) is 12.1. The normalized spacial score (nSPS) is 10.3. The Hall–Kier alpha value is -2.36. The van der Waals surface area contributed by atoms with Crippen LogP contribution in [0.3, 0.4) is 0 Å². The van der Waals surface area contributed by atoms with E-state index in [4.69, 9.17) is 0 Å². The van der Waals surface area contributed by atoms with Gasteiger partial charge in [-0.25, -0.2) is 13.8 Å². The number of nitro groups is 1. The molecule has 0 unspecified atom stereocenters. The van der Waals surface area contributed by atoms with Crippen molar-refractivity contribution in [2.75, 3.05) is 17.7 Å². The van der Waals surface area contributed by atoms with Crippen molar-refractivity contribution in [3.8, 4) is 0 Å². The molecule has 0 bridgehead atoms. The number of rotatable bonds is 4. The predicted octanol–water partition coefficient (Wildman–Crippen LogP) is 3.21. The molecule has 2 N–H and O–H groups in total. The summed E-state index contributed by atoms with van der Waals surface area (Å²) in [6, 6.07) is 1.77. The van der Waals surface area contributed by atoms with Crippen LogP contribution < -0.4 is 10.6 Å². The van der Waals surface area contributed by atoms with Crippen LogP contribution in [0.25, 0.3) is 0 Å². The zero-order chi connectivity index (χ0) is 15.6. The molecule has 0 aliphatic rings. The standard InChI is InChI=1S/C11H8BrF2N5O2/c1-15-11-16-4-9(19(20)21)10(18-11)17-8-3-6(13)5(12)2-7(8)14/h2-4H,1H3,(H2,15,16,17,18). The molecule has 1 aromatic heterocycles. The Kier molecular flexibility index (Phi) is 4.26. The molecule has 0 atom stereocenters. The largest absolute Gasteiger partial charge is 0.357 e. The third kappa shape index (κ3) is 3.21. The Morgan fingerprint density at radius 3 is 2.67 bits per heavy atom. The summed E-state index contributed by atoms with van der Waals surface area (Å²) in [5.74, 6) is -1.66. The first-order chi connectivity index (χ1) is 9.92. The van der Waals surface area contributed by atoms with E-state index in [1.54, 1.807) is 0 Å². The van der Waals surface area contributed by atoms with Crippen molar-refractivity contribution in [2.24, 2.45) is 0 Å². The first kappa shape index (κ1) is 15.0. The van der Waals surface area contributed by atoms with Gasteiger partial charge in [-0.2, -0.15) is 4.98 Å². The molecule has 2 aromatic rings. The molecule has 1 heterocycles. The fraction of sp³-hybridized carbons (Fsp3) is 0.0909. The van der Waals surface area contributed by atoms with Crippen molar-refractivity contribution >= 4 is 39.1 Å². The topological polar surface area (TPSA) is 93.0 Å². The molecule has 0 amide bonds. The number of benzene rings is 1. The van der Waals surface area contributed by atoms with Crippen molar-refractivity contribution in [1.29, 1.82) is 0 Å². The second-order valence-electron chi connectivity index (χ2n) is 3.81. The van der Waals surface area contributed by atoms with E-state index in [0.717, 1.165) is 18.3 Å². The van der Waals surface area contributed by atoms with Gasteiger partial charge in [0.05, 0.1) is 15.1 Å². The van der Waals surface area contributed by atoms with Crippen LogP contribution >= 0.6 is 15.9 Å². The lowest BCUT2D eigenvalue weighted by atomic mass is 10.3. The molecule has 0 saturated heterocycles. The lowest BCUT2D eigenvalue weighted by Crippen LogP contribution is -2.05. The predicted molar refractivity (Wildman–Crippen MR) is 75.6 cm³/mol. The summed E-state index contributed by atoms with van der Waals surface area (Å²) in [4.78, 5) is 17.7. The monoisotopic (exact) mass is 359 g/mol. The Balaban J connectivity index is 2.47. The molecule has 110 valence electrons. The van der Waals surface area contributed by atoms with Gasteiger partial charge in [0.25, 0.3) is 0 Å². The minimum absolute atomic E-state index is 0.0568. The highest BCUT2D eigenvalue weighted by atomic mass is 79.9. The van der Waals surface area contributed by atoms with Crippen molar-refractivity contribution in [3.63, 3.8) is 0 Å². The summed E-state index contributed by atoms with van der Waals surface area (Å²) in [6.07, 6.45) is 0.967. The smallest absolute Gasteiger partial charge is 0.329 e. The van der Waals surface area contributed by atoms with Crippen molar-refractivity contribution in [2.45, 2.75) is 0 Å². The first-order valence-electron chi connectivity index (χ1n) is 5.53. The summed E-state index contributed by atoms with van der Waals surface area (Å²) in [5.41, 5.74) is -0.740. The third-order valence-electron chi connectivity index (χ3n) is 2.45. The van der Waals surface area contributed by atoms with E-state index in [0.29, 0.717) is 0 Å². The van der Waals surface area contributed by atoms with Gasteiger partial charge in [-0.05, 0) is 22.0 Å². The second-order valence-corrected chi connectivity index (χ2v) is 4.66. The van der Waals surface area contributed by atoms with Gasteiger partial charge in [0.2, 0.25) is 11.8 Å². The highest BCUT2D eigenvalue weighted by molar-refractivity contribution is 9.10. The lowest BCUT2D eigenvalue weighted by molar-refractivity contribution is -0.384. The molecule has 0 spiro atoms.